The third kappa shape index (κ3) is 5.12. The first-order chi connectivity index (χ1) is 10.2. The molecule has 2 aromatic rings. The molecule has 0 radical (unpaired) electrons. The van der Waals surface area contributed by atoms with Gasteiger partial charge in [-0.3, -0.25) is 4.79 Å². The van der Waals surface area contributed by atoms with E-state index >= 15 is 0 Å². The van der Waals surface area contributed by atoms with Gasteiger partial charge in [0.2, 0.25) is 5.91 Å². The lowest BCUT2D eigenvalue weighted by atomic mass is 10.3. The van der Waals surface area contributed by atoms with E-state index in [9.17, 15) is 4.79 Å². The second-order valence-electron chi connectivity index (χ2n) is 3.98. The minimum Gasteiger partial charge on any atom is -0.324 e. The summed E-state index contributed by atoms with van der Waals surface area (Å²) in [5, 5.41) is 13.5. The number of hydrogen-bond donors (Lipinski definition) is 1. The molecule has 106 valence electrons. The van der Waals surface area contributed by atoms with Crippen LogP contribution >= 0.6 is 39.5 Å². The molecule has 6 heteroatoms. The van der Waals surface area contributed by atoms with Gasteiger partial charge in [0.15, 0.2) is 0 Å². The third-order valence-corrected chi connectivity index (χ3v) is 4.74. The molecular weight excluding hydrogens is 368 g/mol. The monoisotopic (exact) mass is 378 g/mol. The number of benzene rings is 2. The Bertz CT molecular complexity index is 671. The second-order valence-corrected chi connectivity index (χ2v) is 6.75. The fourth-order valence-electron chi connectivity index (χ4n) is 1.57. The maximum absolute atomic E-state index is 11.9. The topological polar surface area (TPSA) is 52.9 Å². The largest absolute Gasteiger partial charge is 0.324 e. The lowest BCUT2D eigenvalue weighted by molar-refractivity contribution is -0.113. The van der Waals surface area contributed by atoms with Crippen molar-refractivity contribution in [3.8, 4) is 5.40 Å². The maximum Gasteiger partial charge on any atom is 0.234 e. The normalized spacial score (nSPS) is 9.90. The first-order valence-corrected chi connectivity index (χ1v) is 8.62. The summed E-state index contributed by atoms with van der Waals surface area (Å²) in [6, 6.07) is 15.2. The number of halogens is 1. The maximum atomic E-state index is 11.9. The molecule has 1 amide bonds. The number of thiocyanates is 1. The van der Waals surface area contributed by atoms with Crippen LogP contribution in [0, 0.1) is 10.7 Å². The minimum absolute atomic E-state index is 0.0646. The molecule has 0 unspecified atom stereocenters. The summed E-state index contributed by atoms with van der Waals surface area (Å²) < 4.78 is 0.765. The summed E-state index contributed by atoms with van der Waals surface area (Å²) in [5.41, 5.74) is 0.705. The summed E-state index contributed by atoms with van der Waals surface area (Å²) in [6.07, 6.45) is 0. The Morgan fingerprint density at radius 3 is 2.62 bits per heavy atom. The number of thioether (sulfide) groups is 2. The van der Waals surface area contributed by atoms with E-state index in [0.717, 1.165) is 26.0 Å². The van der Waals surface area contributed by atoms with E-state index in [0.29, 0.717) is 11.4 Å². The molecule has 0 aliphatic carbocycles. The SMILES string of the molecule is N#CSc1ccc(NC(=O)CSc2ccccc2)c(Br)c1. The van der Waals surface area contributed by atoms with Gasteiger partial charge in [-0.05, 0) is 58.0 Å². The van der Waals surface area contributed by atoms with Crippen LogP contribution in [-0.2, 0) is 4.79 Å². The molecule has 2 rings (SSSR count). The van der Waals surface area contributed by atoms with Gasteiger partial charge in [0.1, 0.15) is 5.40 Å². The van der Waals surface area contributed by atoms with Crippen LogP contribution in [-0.4, -0.2) is 11.7 Å². The van der Waals surface area contributed by atoms with Crippen LogP contribution in [0.25, 0.3) is 0 Å². The van der Waals surface area contributed by atoms with E-state index in [1.807, 2.05) is 41.8 Å². The molecular formula is C15H11BrN2OS2. The highest BCUT2D eigenvalue weighted by atomic mass is 79.9. The van der Waals surface area contributed by atoms with E-state index < -0.39 is 0 Å². The highest BCUT2D eigenvalue weighted by molar-refractivity contribution is 9.10. The molecule has 0 spiro atoms. The molecule has 0 aromatic heterocycles. The zero-order valence-electron chi connectivity index (χ0n) is 10.9. The summed E-state index contributed by atoms with van der Waals surface area (Å²) >= 11 is 5.97. The number of carbonyl (C=O) groups excluding carboxylic acids is 1. The van der Waals surface area contributed by atoms with E-state index in [1.54, 1.807) is 12.1 Å². The highest BCUT2D eigenvalue weighted by Gasteiger charge is 2.07. The Morgan fingerprint density at radius 2 is 1.95 bits per heavy atom. The van der Waals surface area contributed by atoms with Crippen LogP contribution in [0.2, 0.25) is 0 Å². The third-order valence-electron chi connectivity index (χ3n) is 2.49. The van der Waals surface area contributed by atoms with Crippen molar-refractivity contribution < 1.29 is 4.79 Å². The van der Waals surface area contributed by atoms with Crippen molar-refractivity contribution in [1.82, 2.24) is 0 Å². The Labute approximate surface area is 140 Å². The van der Waals surface area contributed by atoms with Gasteiger partial charge in [-0.2, -0.15) is 5.26 Å². The highest BCUT2D eigenvalue weighted by Crippen LogP contribution is 2.28. The van der Waals surface area contributed by atoms with Crippen molar-refractivity contribution in [3.05, 3.63) is 53.0 Å². The van der Waals surface area contributed by atoms with Crippen molar-refractivity contribution in [2.75, 3.05) is 11.1 Å². The van der Waals surface area contributed by atoms with Crippen LogP contribution in [0.5, 0.6) is 0 Å². The summed E-state index contributed by atoms with van der Waals surface area (Å²) in [4.78, 5) is 13.8. The number of anilines is 1. The number of nitrogens with one attached hydrogen (secondary N) is 1. The first kappa shape index (κ1) is 16.0. The molecule has 0 atom stereocenters. The van der Waals surface area contributed by atoms with Crippen LogP contribution in [0.1, 0.15) is 0 Å². The molecule has 1 N–H and O–H groups in total. The smallest absolute Gasteiger partial charge is 0.234 e. The quantitative estimate of drug-likeness (QED) is 0.602. The van der Waals surface area contributed by atoms with E-state index in [4.69, 9.17) is 5.26 Å². The fraction of sp³-hybridized carbons (Fsp3) is 0.0667. The average molecular weight is 379 g/mol. The number of hydrogen-bond acceptors (Lipinski definition) is 4. The minimum atomic E-state index is -0.0646. The number of nitriles is 1. The molecule has 2 aromatic carbocycles. The molecule has 0 aliphatic heterocycles. The Kier molecular flexibility index (Phi) is 6.18. The number of rotatable bonds is 5. The predicted octanol–water partition coefficient (Wildman–Crippen LogP) is 4.75. The van der Waals surface area contributed by atoms with Crippen molar-refractivity contribution >= 4 is 51.0 Å². The van der Waals surface area contributed by atoms with Crippen molar-refractivity contribution in [2.45, 2.75) is 9.79 Å². The molecule has 21 heavy (non-hydrogen) atoms. The molecule has 0 fully saturated rings. The Morgan fingerprint density at radius 1 is 1.19 bits per heavy atom. The molecule has 0 saturated heterocycles. The van der Waals surface area contributed by atoms with Gasteiger partial charge in [-0.15, -0.1) is 11.8 Å². The molecule has 0 aliphatic rings. The predicted molar refractivity (Wildman–Crippen MR) is 91.4 cm³/mol. The van der Waals surface area contributed by atoms with Gasteiger partial charge < -0.3 is 5.32 Å². The molecule has 0 bridgehead atoms. The number of nitrogens with zero attached hydrogens (tertiary/aromatic N) is 1. The Balaban J connectivity index is 1.92. The van der Waals surface area contributed by atoms with Gasteiger partial charge in [0, 0.05) is 14.3 Å². The second kappa shape index (κ2) is 8.13. The van der Waals surface area contributed by atoms with Gasteiger partial charge in [0.05, 0.1) is 11.4 Å². The van der Waals surface area contributed by atoms with E-state index in [-0.39, 0.29) is 5.91 Å². The molecule has 0 saturated carbocycles. The summed E-state index contributed by atoms with van der Waals surface area (Å²) in [5.74, 6) is 0.288. The lowest BCUT2D eigenvalue weighted by Gasteiger charge is -2.08. The van der Waals surface area contributed by atoms with Gasteiger partial charge in [0.25, 0.3) is 0 Å². The first-order valence-electron chi connectivity index (χ1n) is 6.02. The van der Waals surface area contributed by atoms with Crippen LogP contribution in [0.3, 0.4) is 0 Å². The zero-order valence-corrected chi connectivity index (χ0v) is 14.1. The molecule has 0 heterocycles. The summed E-state index contributed by atoms with van der Waals surface area (Å²) in [7, 11) is 0. The standard InChI is InChI=1S/C15H11BrN2OS2/c16-13-8-12(21-10-17)6-7-14(13)18-15(19)9-20-11-4-2-1-3-5-11/h1-8H,9H2,(H,18,19). The van der Waals surface area contributed by atoms with E-state index in [1.165, 1.54) is 11.8 Å². The van der Waals surface area contributed by atoms with Crippen molar-refractivity contribution in [1.29, 1.82) is 5.26 Å². The van der Waals surface area contributed by atoms with Gasteiger partial charge in [-0.25, -0.2) is 0 Å². The number of carbonyl (C=O) groups is 1. The number of amides is 1. The molecule has 3 nitrogen and oxygen atoms in total. The fourth-order valence-corrected chi connectivity index (χ4v) is 3.33. The van der Waals surface area contributed by atoms with Crippen LogP contribution in [0.4, 0.5) is 5.69 Å². The van der Waals surface area contributed by atoms with Crippen molar-refractivity contribution in [2.24, 2.45) is 0 Å². The summed E-state index contributed by atoms with van der Waals surface area (Å²) in [6.45, 7) is 0. The van der Waals surface area contributed by atoms with Crippen molar-refractivity contribution in [3.63, 3.8) is 0 Å². The van der Waals surface area contributed by atoms with Gasteiger partial charge in [-0.1, -0.05) is 18.2 Å². The van der Waals surface area contributed by atoms with E-state index in [2.05, 4.69) is 21.2 Å². The van der Waals surface area contributed by atoms with Crippen LogP contribution < -0.4 is 5.32 Å². The Hall–Kier alpha value is -1.42. The lowest BCUT2D eigenvalue weighted by Crippen LogP contribution is -2.14. The van der Waals surface area contributed by atoms with Gasteiger partial charge >= 0.3 is 0 Å². The zero-order chi connectivity index (χ0) is 15.1. The average Bonchev–Trinajstić information content (AvgIpc) is 2.49. The van der Waals surface area contributed by atoms with Crippen LogP contribution in [0.15, 0.2) is 62.8 Å².